The third-order valence-corrected chi connectivity index (χ3v) is 6.54. The number of aromatic nitrogens is 2. The molecule has 0 spiro atoms. The lowest BCUT2D eigenvalue weighted by molar-refractivity contribution is 0.445. The highest BCUT2D eigenvalue weighted by atomic mass is 35.5. The molecular weight excluding hydrogens is 389 g/mol. The van der Waals surface area contributed by atoms with Gasteiger partial charge >= 0.3 is 0 Å². The summed E-state index contributed by atoms with van der Waals surface area (Å²) in [6.07, 6.45) is 1.47. The maximum Gasteiger partial charge on any atom is 0.243 e. The molecule has 0 saturated heterocycles. The van der Waals surface area contributed by atoms with Crippen LogP contribution in [-0.2, 0) is 10.0 Å². The van der Waals surface area contributed by atoms with Gasteiger partial charge in [0.2, 0.25) is 10.0 Å². The van der Waals surface area contributed by atoms with Crippen molar-refractivity contribution in [3.8, 4) is 0 Å². The first-order chi connectivity index (χ1) is 12.9. The smallest absolute Gasteiger partial charge is 0.243 e. The van der Waals surface area contributed by atoms with Crippen molar-refractivity contribution in [3.05, 3.63) is 59.7 Å². The monoisotopic (exact) mass is 407 g/mol. The molecule has 0 aliphatic rings. The number of aromatic amines is 1. The fraction of sp³-hybridized carbons (Fsp3) is 0.211. The fourth-order valence-corrected chi connectivity index (χ4v) is 4.46. The fourth-order valence-electron chi connectivity index (χ4n) is 2.77. The highest BCUT2D eigenvalue weighted by molar-refractivity contribution is 7.89. The molecule has 142 valence electrons. The van der Waals surface area contributed by atoms with Gasteiger partial charge in [-0.05, 0) is 30.3 Å². The normalized spacial score (nSPS) is 12.9. The third-order valence-electron chi connectivity index (χ3n) is 4.21. The lowest BCUT2D eigenvalue weighted by Gasteiger charge is -2.18. The minimum Gasteiger partial charge on any atom is -0.337 e. The number of sulfonamides is 1. The van der Waals surface area contributed by atoms with E-state index in [2.05, 4.69) is 9.97 Å². The molecule has 2 aromatic carbocycles. The molecule has 5 nitrogen and oxygen atoms in total. The van der Waals surface area contributed by atoms with Crippen LogP contribution in [0.4, 0.5) is 4.39 Å². The summed E-state index contributed by atoms with van der Waals surface area (Å²) in [5.74, 6) is -0.0494. The van der Waals surface area contributed by atoms with E-state index < -0.39 is 10.0 Å². The van der Waals surface area contributed by atoms with E-state index in [1.165, 1.54) is 28.6 Å². The Kier molecular flexibility index (Phi) is 5.64. The maximum atomic E-state index is 13.8. The van der Waals surface area contributed by atoms with Crippen LogP contribution in [0.2, 0.25) is 0 Å². The highest BCUT2D eigenvalue weighted by Crippen LogP contribution is 2.26. The van der Waals surface area contributed by atoms with Gasteiger partial charge < -0.3 is 4.98 Å². The second kappa shape index (κ2) is 7.80. The van der Waals surface area contributed by atoms with Crippen molar-refractivity contribution in [2.24, 2.45) is 0 Å². The molecule has 0 unspecified atom stereocenters. The lowest BCUT2D eigenvalue weighted by atomic mass is 10.2. The number of fused-ring (bicyclic) bond motifs is 1. The molecule has 0 aliphatic carbocycles. The van der Waals surface area contributed by atoms with Gasteiger partial charge in [0.1, 0.15) is 11.6 Å². The summed E-state index contributed by atoms with van der Waals surface area (Å²) in [7, 11) is -3.57. The summed E-state index contributed by atoms with van der Waals surface area (Å²) in [5, 5.41) is 0.226. The van der Waals surface area contributed by atoms with Crippen LogP contribution in [0.25, 0.3) is 22.1 Å². The van der Waals surface area contributed by atoms with Crippen molar-refractivity contribution < 1.29 is 12.8 Å². The minimum atomic E-state index is -3.57. The van der Waals surface area contributed by atoms with Crippen molar-refractivity contribution in [3.63, 3.8) is 0 Å². The Morgan fingerprint density at radius 2 is 1.93 bits per heavy atom. The van der Waals surface area contributed by atoms with E-state index in [4.69, 9.17) is 11.6 Å². The summed E-state index contributed by atoms with van der Waals surface area (Å²) in [5.41, 5.74) is 1.45. The van der Waals surface area contributed by atoms with E-state index in [1.807, 2.05) is 0 Å². The topological polar surface area (TPSA) is 66.1 Å². The first kappa shape index (κ1) is 19.5. The van der Waals surface area contributed by atoms with Gasteiger partial charge in [-0.3, -0.25) is 0 Å². The highest BCUT2D eigenvalue weighted by Gasteiger charge is 2.22. The van der Waals surface area contributed by atoms with Crippen LogP contribution in [0.1, 0.15) is 25.2 Å². The Bertz CT molecular complexity index is 1110. The van der Waals surface area contributed by atoms with Crippen LogP contribution >= 0.6 is 11.6 Å². The number of rotatable bonds is 6. The molecule has 0 radical (unpaired) electrons. The van der Waals surface area contributed by atoms with Crippen LogP contribution in [0.3, 0.4) is 0 Å². The van der Waals surface area contributed by atoms with E-state index in [9.17, 15) is 12.8 Å². The van der Waals surface area contributed by atoms with Crippen molar-refractivity contribution in [2.75, 3.05) is 13.1 Å². The lowest BCUT2D eigenvalue weighted by Crippen LogP contribution is -2.30. The molecule has 1 aromatic heterocycles. The van der Waals surface area contributed by atoms with Crippen molar-refractivity contribution in [1.29, 1.82) is 0 Å². The standard InChI is InChI=1S/C19H19ClFN3O2S/c1-3-24(4-2)27(25,26)14-9-10-17-18(12-14)23-19(22-17)15(20)11-13-7-5-6-8-16(13)21/h5-12H,3-4H2,1-2H3,(H,22,23). The molecule has 0 aliphatic heterocycles. The van der Waals surface area contributed by atoms with Gasteiger partial charge in [-0.15, -0.1) is 0 Å². The van der Waals surface area contributed by atoms with Gasteiger partial charge in [-0.25, -0.2) is 17.8 Å². The van der Waals surface area contributed by atoms with E-state index in [0.717, 1.165) is 0 Å². The molecule has 8 heteroatoms. The number of benzene rings is 2. The molecule has 0 bridgehead atoms. The first-order valence-electron chi connectivity index (χ1n) is 8.48. The molecule has 0 saturated carbocycles. The Morgan fingerprint density at radius 1 is 1.22 bits per heavy atom. The summed E-state index contributed by atoms with van der Waals surface area (Å²) in [6.45, 7) is 4.37. The Labute approximate surface area is 162 Å². The van der Waals surface area contributed by atoms with Crippen LogP contribution < -0.4 is 0 Å². The Hall–Kier alpha value is -2.22. The first-order valence-corrected chi connectivity index (χ1v) is 10.3. The van der Waals surface area contributed by atoms with Crippen LogP contribution in [0, 0.1) is 5.82 Å². The van der Waals surface area contributed by atoms with Crippen molar-refractivity contribution in [1.82, 2.24) is 14.3 Å². The quantitative estimate of drug-likeness (QED) is 0.655. The van der Waals surface area contributed by atoms with Crippen molar-refractivity contribution >= 4 is 43.8 Å². The Balaban J connectivity index is 2.00. The van der Waals surface area contributed by atoms with Crippen LogP contribution in [0.5, 0.6) is 0 Å². The van der Waals surface area contributed by atoms with E-state index in [1.54, 1.807) is 38.1 Å². The Morgan fingerprint density at radius 3 is 2.59 bits per heavy atom. The molecule has 1 heterocycles. The van der Waals surface area contributed by atoms with E-state index in [0.29, 0.717) is 35.5 Å². The molecule has 0 atom stereocenters. The number of H-pyrrole nitrogens is 1. The van der Waals surface area contributed by atoms with Gasteiger partial charge in [-0.1, -0.05) is 43.6 Å². The molecule has 0 amide bonds. The molecule has 1 N–H and O–H groups in total. The van der Waals surface area contributed by atoms with E-state index >= 15 is 0 Å². The van der Waals surface area contributed by atoms with Gasteiger partial charge in [0.25, 0.3) is 0 Å². The molecule has 3 rings (SSSR count). The summed E-state index contributed by atoms with van der Waals surface area (Å²) in [6, 6.07) is 10.9. The number of nitrogens with one attached hydrogen (secondary N) is 1. The molecule has 3 aromatic rings. The molecular formula is C19H19ClFN3O2S. The average molecular weight is 408 g/mol. The van der Waals surface area contributed by atoms with Crippen LogP contribution in [-0.4, -0.2) is 35.8 Å². The van der Waals surface area contributed by atoms with Gasteiger partial charge in [0, 0.05) is 18.7 Å². The third kappa shape index (κ3) is 3.90. The number of hydrogen-bond acceptors (Lipinski definition) is 3. The summed E-state index contributed by atoms with van der Waals surface area (Å²) >= 11 is 6.28. The van der Waals surface area contributed by atoms with Crippen molar-refractivity contribution in [2.45, 2.75) is 18.7 Å². The van der Waals surface area contributed by atoms with Gasteiger partial charge in [-0.2, -0.15) is 4.31 Å². The predicted molar refractivity (Wildman–Crippen MR) is 106 cm³/mol. The number of nitrogens with zero attached hydrogens (tertiary/aromatic N) is 2. The zero-order valence-corrected chi connectivity index (χ0v) is 16.5. The zero-order chi connectivity index (χ0) is 19.6. The number of imidazole rings is 1. The largest absolute Gasteiger partial charge is 0.337 e. The average Bonchev–Trinajstić information content (AvgIpc) is 3.08. The predicted octanol–water partition coefficient (Wildman–Crippen LogP) is 4.47. The van der Waals surface area contributed by atoms with Gasteiger partial charge in [0.05, 0.1) is 21.0 Å². The molecule has 27 heavy (non-hydrogen) atoms. The second-order valence-electron chi connectivity index (χ2n) is 5.87. The summed E-state index contributed by atoms with van der Waals surface area (Å²) in [4.78, 5) is 7.55. The minimum absolute atomic E-state index is 0.183. The summed E-state index contributed by atoms with van der Waals surface area (Å²) < 4.78 is 40.5. The number of hydrogen-bond donors (Lipinski definition) is 1. The van der Waals surface area contributed by atoms with Crippen LogP contribution in [0.15, 0.2) is 47.4 Å². The maximum absolute atomic E-state index is 13.8. The second-order valence-corrected chi connectivity index (χ2v) is 8.21. The SMILES string of the molecule is CCN(CC)S(=O)(=O)c1ccc2nc(C(Cl)=Cc3ccccc3F)[nH]c2c1. The molecule has 0 fully saturated rings. The van der Waals surface area contributed by atoms with E-state index in [-0.39, 0.29) is 15.7 Å². The van der Waals surface area contributed by atoms with Gasteiger partial charge in [0.15, 0.2) is 0 Å². The number of halogens is 2. The zero-order valence-electron chi connectivity index (χ0n) is 14.9.